The molecule has 8 heteroatoms. The van der Waals surface area contributed by atoms with Gasteiger partial charge in [-0.1, -0.05) is 69.4 Å². The second kappa shape index (κ2) is 7.90. The first-order chi connectivity index (χ1) is 12.0. The first-order valence-corrected chi connectivity index (χ1v) is 9.41. The van der Waals surface area contributed by atoms with Crippen LogP contribution in [0.25, 0.3) is 11.3 Å². The van der Waals surface area contributed by atoms with Gasteiger partial charge in [0.2, 0.25) is 0 Å². The number of hydrogen-bond acceptors (Lipinski definition) is 4. The first kappa shape index (κ1) is 18.4. The van der Waals surface area contributed by atoms with Crippen LogP contribution in [0.15, 0.2) is 45.9 Å². The molecule has 126 valence electrons. The van der Waals surface area contributed by atoms with Gasteiger partial charge in [0.05, 0.1) is 10.0 Å². The Bertz CT molecular complexity index is 981. The Morgan fingerprint density at radius 1 is 1.00 bits per heavy atom. The van der Waals surface area contributed by atoms with Crippen LogP contribution in [-0.4, -0.2) is 5.16 Å². The molecule has 1 heterocycles. The fraction of sp³-hybridized carbons (Fsp3) is 0.0588. The summed E-state index contributed by atoms with van der Waals surface area (Å²) in [6.45, 7) is 0. The molecule has 2 aromatic carbocycles. The van der Waals surface area contributed by atoms with E-state index in [0.29, 0.717) is 47.8 Å². The van der Waals surface area contributed by atoms with E-state index in [0.717, 1.165) is 5.56 Å². The summed E-state index contributed by atoms with van der Waals surface area (Å²) in [5.41, 5.74) is 1.86. The minimum Gasteiger partial charge on any atom is -0.354 e. The second-order valence-corrected chi connectivity index (χ2v) is 7.58. The van der Waals surface area contributed by atoms with E-state index < -0.39 is 0 Å². The summed E-state index contributed by atoms with van der Waals surface area (Å²) in [6, 6.07) is 12.4. The van der Waals surface area contributed by atoms with Crippen molar-refractivity contribution < 1.29 is 4.52 Å². The van der Waals surface area contributed by atoms with Crippen LogP contribution >= 0.6 is 58.2 Å². The SMILES string of the molecule is N#Cc1c(SCc2ccc(Cl)cc2Cl)noc1-c1ccc(Cl)c(Cl)c1. The van der Waals surface area contributed by atoms with Crippen LogP contribution in [0.2, 0.25) is 20.1 Å². The quantitative estimate of drug-likeness (QED) is 0.414. The van der Waals surface area contributed by atoms with Gasteiger partial charge in [0.25, 0.3) is 0 Å². The number of aromatic nitrogens is 1. The highest BCUT2D eigenvalue weighted by molar-refractivity contribution is 7.98. The van der Waals surface area contributed by atoms with Gasteiger partial charge in [-0.25, -0.2) is 0 Å². The van der Waals surface area contributed by atoms with Crippen molar-refractivity contribution in [1.82, 2.24) is 5.16 Å². The molecule has 0 fully saturated rings. The smallest absolute Gasteiger partial charge is 0.185 e. The number of thioether (sulfide) groups is 1. The minimum atomic E-state index is 0.341. The lowest BCUT2D eigenvalue weighted by molar-refractivity contribution is 0.415. The number of halogens is 4. The molecule has 0 saturated heterocycles. The first-order valence-electron chi connectivity index (χ1n) is 6.91. The van der Waals surface area contributed by atoms with E-state index in [2.05, 4.69) is 11.2 Å². The molecule has 0 spiro atoms. The maximum atomic E-state index is 9.50. The highest BCUT2D eigenvalue weighted by atomic mass is 35.5. The predicted molar refractivity (Wildman–Crippen MR) is 103 cm³/mol. The Hall–Kier alpha value is -1.35. The van der Waals surface area contributed by atoms with Crippen molar-refractivity contribution in [2.75, 3.05) is 0 Å². The van der Waals surface area contributed by atoms with Crippen LogP contribution in [-0.2, 0) is 5.75 Å². The minimum absolute atomic E-state index is 0.341. The lowest BCUT2D eigenvalue weighted by atomic mass is 10.1. The van der Waals surface area contributed by atoms with Crippen molar-refractivity contribution >= 4 is 58.2 Å². The summed E-state index contributed by atoms with van der Waals surface area (Å²) in [5.74, 6) is 0.878. The van der Waals surface area contributed by atoms with Gasteiger partial charge in [-0.15, -0.1) is 0 Å². The van der Waals surface area contributed by atoms with Crippen molar-refractivity contribution in [3.05, 3.63) is 67.6 Å². The van der Waals surface area contributed by atoms with Gasteiger partial charge in [-0.2, -0.15) is 5.26 Å². The molecule has 3 aromatic rings. The number of nitriles is 1. The van der Waals surface area contributed by atoms with E-state index in [1.165, 1.54) is 11.8 Å². The van der Waals surface area contributed by atoms with Gasteiger partial charge in [0.1, 0.15) is 11.6 Å². The molecular weight excluding hydrogens is 422 g/mol. The van der Waals surface area contributed by atoms with Gasteiger partial charge >= 0.3 is 0 Å². The molecule has 0 N–H and O–H groups in total. The Morgan fingerprint density at radius 3 is 2.48 bits per heavy atom. The Balaban J connectivity index is 1.87. The second-order valence-electron chi connectivity index (χ2n) is 4.96. The Kier molecular flexibility index (Phi) is 5.83. The lowest BCUT2D eigenvalue weighted by Crippen LogP contribution is -1.85. The summed E-state index contributed by atoms with van der Waals surface area (Å²) in [5, 5.41) is 15.9. The summed E-state index contributed by atoms with van der Waals surface area (Å²) in [4.78, 5) is 0. The normalized spacial score (nSPS) is 10.7. The van der Waals surface area contributed by atoms with E-state index >= 15 is 0 Å². The molecule has 0 aliphatic heterocycles. The van der Waals surface area contributed by atoms with E-state index in [1.807, 2.05) is 6.07 Å². The van der Waals surface area contributed by atoms with Crippen molar-refractivity contribution in [2.45, 2.75) is 10.8 Å². The molecule has 0 aliphatic rings. The predicted octanol–water partition coefficient (Wildman–Crippen LogP) is 7.12. The van der Waals surface area contributed by atoms with Crippen molar-refractivity contribution in [3.8, 4) is 17.4 Å². The van der Waals surface area contributed by atoms with Crippen LogP contribution in [0.3, 0.4) is 0 Å². The standard InChI is InChI=1S/C17H8Cl4N2OS/c18-11-3-1-10(14(20)6-11)8-25-17-12(7-22)16(24-23-17)9-2-4-13(19)15(21)5-9/h1-6H,8H2. The number of benzene rings is 2. The zero-order valence-electron chi connectivity index (χ0n) is 12.4. The van der Waals surface area contributed by atoms with Crippen LogP contribution in [0.5, 0.6) is 0 Å². The van der Waals surface area contributed by atoms with E-state index in [9.17, 15) is 5.26 Å². The zero-order chi connectivity index (χ0) is 18.0. The third-order valence-corrected chi connectivity index (χ3v) is 5.67. The van der Waals surface area contributed by atoms with Crippen LogP contribution in [0.1, 0.15) is 11.1 Å². The van der Waals surface area contributed by atoms with Gasteiger partial charge in [-0.3, -0.25) is 0 Å². The molecule has 3 rings (SSSR count). The van der Waals surface area contributed by atoms with Gasteiger partial charge in [-0.05, 0) is 35.9 Å². The average molecular weight is 430 g/mol. The Labute approximate surface area is 168 Å². The van der Waals surface area contributed by atoms with Crippen LogP contribution in [0, 0.1) is 11.3 Å². The molecule has 0 aliphatic carbocycles. The van der Waals surface area contributed by atoms with Gasteiger partial charge in [0, 0.05) is 21.4 Å². The highest BCUT2D eigenvalue weighted by Crippen LogP contribution is 2.36. The third kappa shape index (κ3) is 4.08. The summed E-state index contributed by atoms with van der Waals surface area (Å²) in [7, 11) is 0. The average Bonchev–Trinajstić information content (AvgIpc) is 2.99. The maximum absolute atomic E-state index is 9.50. The molecule has 0 bridgehead atoms. The highest BCUT2D eigenvalue weighted by Gasteiger charge is 2.19. The zero-order valence-corrected chi connectivity index (χ0v) is 16.2. The summed E-state index contributed by atoms with van der Waals surface area (Å²) in [6.07, 6.45) is 0. The number of rotatable bonds is 4. The van der Waals surface area contributed by atoms with E-state index in [1.54, 1.807) is 30.3 Å². The number of nitrogens with zero attached hydrogens (tertiary/aromatic N) is 2. The Morgan fingerprint density at radius 2 is 1.80 bits per heavy atom. The molecule has 3 nitrogen and oxygen atoms in total. The molecule has 0 radical (unpaired) electrons. The van der Waals surface area contributed by atoms with Crippen molar-refractivity contribution in [2.24, 2.45) is 0 Å². The molecule has 0 atom stereocenters. The number of hydrogen-bond donors (Lipinski definition) is 0. The molecule has 0 amide bonds. The molecular formula is C17H8Cl4N2OS. The fourth-order valence-corrected chi connectivity index (χ4v) is 3.86. The van der Waals surface area contributed by atoms with E-state index in [4.69, 9.17) is 50.9 Å². The molecule has 25 heavy (non-hydrogen) atoms. The maximum Gasteiger partial charge on any atom is 0.185 e. The van der Waals surface area contributed by atoms with Crippen molar-refractivity contribution in [3.63, 3.8) is 0 Å². The van der Waals surface area contributed by atoms with Gasteiger partial charge < -0.3 is 4.52 Å². The topological polar surface area (TPSA) is 49.8 Å². The summed E-state index contributed by atoms with van der Waals surface area (Å²) >= 11 is 25.4. The fourth-order valence-electron chi connectivity index (χ4n) is 2.09. The largest absolute Gasteiger partial charge is 0.354 e. The summed E-state index contributed by atoms with van der Waals surface area (Å²) < 4.78 is 5.36. The molecule has 1 aromatic heterocycles. The lowest BCUT2D eigenvalue weighted by Gasteiger charge is -2.03. The van der Waals surface area contributed by atoms with Crippen LogP contribution < -0.4 is 0 Å². The van der Waals surface area contributed by atoms with Crippen LogP contribution in [0.4, 0.5) is 0 Å². The van der Waals surface area contributed by atoms with E-state index in [-0.39, 0.29) is 0 Å². The van der Waals surface area contributed by atoms with Gasteiger partial charge in [0.15, 0.2) is 10.8 Å². The third-order valence-electron chi connectivity index (χ3n) is 3.33. The monoisotopic (exact) mass is 428 g/mol. The van der Waals surface area contributed by atoms with Crippen molar-refractivity contribution in [1.29, 1.82) is 5.26 Å². The molecule has 0 unspecified atom stereocenters. The molecule has 0 saturated carbocycles.